The van der Waals surface area contributed by atoms with E-state index in [9.17, 15) is 0 Å². The molecular formula is C14H24N4. The summed E-state index contributed by atoms with van der Waals surface area (Å²) in [6, 6.07) is 0. The number of hydrogen-bond acceptors (Lipinski definition) is 3. The summed E-state index contributed by atoms with van der Waals surface area (Å²) in [5, 5.41) is 3.44. The van der Waals surface area contributed by atoms with Crippen molar-refractivity contribution in [1.29, 1.82) is 0 Å². The Labute approximate surface area is 109 Å². The maximum atomic E-state index is 4.39. The zero-order valence-corrected chi connectivity index (χ0v) is 11.3. The van der Waals surface area contributed by atoms with Crippen LogP contribution >= 0.6 is 0 Å². The lowest BCUT2D eigenvalue weighted by molar-refractivity contribution is 0.369. The van der Waals surface area contributed by atoms with Crippen LogP contribution in [0.25, 0.3) is 0 Å². The third-order valence-corrected chi connectivity index (χ3v) is 4.45. The van der Waals surface area contributed by atoms with Gasteiger partial charge in [0.05, 0.1) is 6.33 Å². The predicted molar refractivity (Wildman–Crippen MR) is 72.7 cm³/mol. The summed E-state index contributed by atoms with van der Waals surface area (Å²) in [6.45, 7) is 5.96. The topological polar surface area (TPSA) is 33.1 Å². The number of piperidine rings is 1. The molecule has 0 spiro atoms. The van der Waals surface area contributed by atoms with Crippen LogP contribution in [-0.2, 0) is 6.54 Å². The lowest BCUT2D eigenvalue weighted by atomic mass is 9.94. The van der Waals surface area contributed by atoms with Crippen LogP contribution in [0.3, 0.4) is 0 Å². The number of likely N-dealkylation sites (tertiary alicyclic amines) is 1. The summed E-state index contributed by atoms with van der Waals surface area (Å²) < 4.78 is 2.42. The fourth-order valence-corrected chi connectivity index (χ4v) is 3.39. The number of hydrogen-bond donors (Lipinski definition) is 1. The molecule has 1 aromatic heterocycles. The normalized spacial score (nSPS) is 26.8. The van der Waals surface area contributed by atoms with Gasteiger partial charge in [-0.1, -0.05) is 0 Å². The monoisotopic (exact) mass is 248 g/mol. The van der Waals surface area contributed by atoms with Gasteiger partial charge in [0.15, 0.2) is 0 Å². The molecule has 4 heteroatoms. The second kappa shape index (κ2) is 5.41. The second-order valence-electron chi connectivity index (χ2n) is 5.91. The summed E-state index contributed by atoms with van der Waals surface area (Å²) >= 11 is 0. The van der Waals surface area contributed by atoms with Gasteiger partial charge in [-0.05, 0) is 51.9 Å². The van der Waals surface area contributed by atoms with E-state index in [0.29, 0.717) is 5.92 Å². The fourth-order valence-electron chi connectivity index (χ4n) is 3.39. The summed E-state index contributed by atoms with van der Waals surface area (Å²) in [5.41, 5.74) is 1.46. The second-order valence-corrected chi connectivity index (χ2v) is 5.91. The van der Waals surface area contributed by atoms with Crippen LogP contribution in [-0.4, -0.2) is 47.7 Å². The standard InChI is InChI=1S/C14H24N4/c1-17-7-4-12(9-17)10-18-11-16-8-14(18)13-2-5-15-6-3-13/h8,11-13,15H,2-7,9-10H2,1H3. The predicted octanol–water partition coefficient (Wildman–Crippen LogP) is 1.30. The fraction of sp³-hybridized carbons (Fsp3) is 0.786. The molecule has 2 fully saturated rings. The van der Waals surface area contributed by atoms with Gasteiger partial charge in [0.1, 0.15) is 0 Å². The minimum absolute atomic E-state index is 0.716. The van der Waals surface area contributed by atoms with Gasteiger partial charge in [0.25, 0.3) is 0 Å². The third-order valence-electron chi connectivity index (χ3n) is 4.45. The van der Waals surface area contributed by atoms with Gasteiger partial charge in [-0.2, -0.15) is 0 Å². The molecule has 3 heterocycles. The Morgan fingerprint density at radius 3 is 2.89 bits per heavy atom. The molecule has 0 bridgehead atoms. The van der Waals surface area contributed by atoms with Crippen molar-refractivity contribution in [3.63, 3.8) is 0 Å². The Morgan fingerprint density at radius 1 is 1.33 bits per heavy atom. The first kappa shape index (κ1) is 12.2. The molecule has 2 aliphatic heterocycles. The van der Waals surface area contributed by atoms with Crippen molar-refractivity contribution in [3.8, 4) is 0 Å². The molecule has 2 saturated heterocycles. The van der Waals surface area contributed by atoms with Crippen molar-refractivity contribution in [1.82, 2.24) is 19.8 Å². The van der Waals surface area contributed by atoms with Crippen molar-refractivity contribution in [2.75, 3.05) is 33.2 Å². The highest BCUT2D eigenvalue weighted by Gasteiger charge is 2.23. The molecule has 1 N–H and O–H groups in total. The lowest BCUT2D eigenvalue weighted by Gasteiger charge is -2.24. The van der Waals surface area contributed by atoms with Crippen LogP contribution in [0.5, 0.6) is 0 Å². The summed E-state index contributed by atoms with van der Waals surface area (Å²) in [7, 11) is 2.22. The smallest absolute Gasteiger partial charge is 0.0948 e. The van der Waals surface area contributed by atoms with E-state index in [4.69, 9.17) is 0 Å². The molecule has 3 rings (SSSR count). The summed E-state index contributed by atoms with van der Waals surface area (Å²) in [4.78, 5) is 6.82. The van der Waals surface area contributed by atoms with Crippen LogP contribution in [0.1, 0.15) is 30.9 Å². The maximum absolute atomic E-state index is 4.39. The van der Waals surface area contributed by atoms with E-state index in [-0.39, 0.29) is 0 Å². The highest BCUT2D eigenvalue weighted by Crippen LogP contribution is 2.26. The first-order valence-corrected chi connectivity index (χ1v) is 7.22. The van der Waals surface area contributed by atoms with Gasteiger partial charge in [-0.3, -0.25) is 0 Å². The van der Waals surface area contributed by atoms with Crippen LogP contribution in [0.4, 0.5) is 0 Å². The number of nitrogens with one attached hydrogen (secondary N) is 1. The van der Waals surface area contributed by atoms with Gasteiger partial charge in [-0.15, -0.1) is 0 Å². The summed E-state index contributed by atoms with van der Waals surface area (Å²) in [5.74, 6) is 1.53. The van der Waals surface area contributed by atoms with E-state index < -0.39 is 0 Å². The number of imidazole rings is 1. The molecule has 18 heavy (non-hydrogen) atoms. The van der Waals surface area contributed by atoms with Crippen LogP contribution in [0, 0.1) is 5.92 Å². The molecule has 1 atom stereocenters. The van der Waals surface area contributed by atoms with Crippen molar-refractivity contribution in [2.45, 2.75) is 31.7 Å². The van der Waals surface area contributed by atoms with Gasteiger partial charge in [-0.25, -0.2) is 4.98 Å². The van der Waals surface area contributed by atoms with E-state index in [0.717, 1.165) is 25.6 Å². The molecule has 0 saturated carbocycles. The highest BCUT2D eigenvalue weighted by atomic mass is 15.1. The van der Waals surface area contributed by atoms with Crippen LogP contribution in [0.2, 0.25) is 0 Å². The van der Waals surface area contributed by atoms with Gasteiger partial charge in [0.2, 0.25) is 0 Å². The van der Waals surface area contributed by atoms with Crippen molar-refractivity contribution in [3.05, 3.63) is 18.2 Å². The largest absolute Gasteiger partial charge is 0.334 e. The SMILES string of the molecule is CN1CCC(Cn2cncc2C2CCNCC2)C1. The van der Waals surface area contributed by atoms with E-state index in [1.165, 1.54) is 38.0 Å². The minimum Gasteiger partial charge on any atom is -0.334 e. The first-order chi connectivity index (χ1) is 8.83. The van der Waals surface area contributed by atoms with Gasteiger partial charge >= 0.3 is 0 Å². The summed E-state index contributed by atoms with van der Waals surface area (Å²) in [6.07, 6.45) is 7.98. The molecule has 4 nitrogen and oxygen atoms in total. The Morgan fingerprint density at radius 2 is 2.17 bits per heavy atom. The Balaban J connectivity index is 1.67. The zero-order chi connectivity index (χ0) is 12.4. The first-order valence-electron chi connectivity index (χ1n) is 7.22. The molecule has 0 amide bonds. The highest BCUT2D eigenvalue weighted by molar-refractivity contribution is 5.08. The molecule has 0 radical (unpaired) electrons. The number of aromatic nitrogens is 2. The average molecular weight is 248 g/mol. The maximum Gasteiger partial charge on any atom is 0.0948 e. The van der Waals surface area contributed by atoms with Crippen molar-refractivity contribution < 1.29 is 0 Å². The molecule has 1 aromatic rings. The molecule has 100 valence electrons. The van der Waals surface area contributed by atoms with E-state index in [1.807, 2.05) is 6.33 Å². The quantitative estimate of drug-likeness (QED) is 0.875. The molecule has 2 aliphatic rings. The zero-order valence-electron chi connectivity index (χ0n) is 11.3. The third kappa shape index (κ3) is 2.59. The number of nitrogens with zero attached hydrogens (tertiary/aromatic N) is 3. The average Bonchev–Trinajstić information content (AvgIpc) is 3.00. The van der Waals surface area contributed by atoms with E-state index in [2.05, 4.69) is 33.0 Å². The number of rotatable bonds is 3. The van der Waals surface area contributed by atoms with E-state index >= 15 is 0 Å². The van der Waals surface area contributed by atoms with Gasteiger partial charge < -0.3 is 14.8 Å². The Bertz CT molecular complexity index is 381. The van der Waals surface area contributed by atoms with Crippen LogP contribution in [0.15, 0.2) is 12.5 Å². The molecule has 0 aromatic carbocycles. The molecular weight excluding hydrogens is 224 g/mol. The van der Waals surface area contributed by atoms with Crippen molar-refractivity contribution >= 4 is 0 Å². The van der Waals surface area contributed by atoms with Crippen LogP contribution < -0.4 is 5.32 Å². The molecule has 0 aliphatic carbocycles. The lowest BCUT2D eigenvalue weighted by Crippen LogP contribution is -2.28. The van der Waals surface area contributed by atoms with Crippen molar-refractivity contribution in [2.24, 2.45) is 5.92 Å². The minimum atomic E-state index is 0.716. The van der Waals surface area contributed by atoms with Gasteiger partial charge in [0, 0.05) is 30.9 Å². The Hall–Kier alpha value is -0.870. The van der Waals surface area contributed by atoms with E-state index in [1.54, 1.807) is 0 Å². The molecule has 1 unspecified atom stereocenters. The Kier molecular flexibility index (Phi) is 3.66.